The van der Waals surface area contributed by atoms with E-state index in [4.69, 9.17) is 0 Å². The van der Waals surface area contributed by atoms with Crippen molar-refractivity contribution >= 4 is 16.0 Å². The van der Waals surface area contributed by atoms with Crippen molar-refractivity contribution in [2.45, 2.75) is 31.8 Å². The van der Waals surface area contributed by atoms with Gasteiger partial charge in [-0.3, -0.25) is 0 Å². The molecule has 1 aromatic rings. The zero-order valence-corrected chi connectivity index (χ0v) is 11.8. The highest BCUT2D eigenvalue weighted by molar-refractivity contribution is 7.89. The normalized spacial score (nSPS) is 27.7. The molecule has 7 heteroatoms. The molecule has 0 radical (unpaired) electrons. The third kappa shape index (κ3) is 2.10. The Balaban J connectivity index is 1.83. The Morgan fingerprint density at radius 3 is 2.58 bits per heavy atom. The second-order valence-corrected chi connectivity index (χ2v) is 7.18. The summed E-state index contributed by atoms with van der Waals surface area (Å²) < 4.78 is 25.8. The van der Waals surface area contributed by atoms with E-state index in [1.54, 1.807) is 29.7 Å². The first-order valence-corrected chi connectivity index (χ1v) is 8.27. The summed E-state index contributed by atoms with van der Waals surface area (Å²) in [4.78, 5) is 10.7. The summed E-state index contributed by atoms with van der Waals surface area (Å²) in [6.07, 6.45) is 5.18. The van der Waals surface area contributed by atoms with Crippen LogP contribution in [0.25, 0.3) is 0 Å². The Bertz CT molecular complexity index is 548. The molecule has 0 unspecified atom stereocenters. The fourth-order valence-corrected chi connectivity index (χ4v) is 4.52. The molecule has 2 fully saturated rings. The molecule has 19 heavy (non-hydrogen) atoms. The maximum Gasteiger partial charge on any atom is 0.225 e. The fourth-order valence-electron chi connectivity index (χ4n) is 3.15. The van der Waals surface area contributed by atoms with Crippen LogP contribution in [0.2, 0.25) is 0 Å². The summed E-state index contributed by atoms with van der Waals surface area (Å²) in [7, 11) is -3.09. The van der Waals surface area contributed by atoms with Crippen LogP contribution in [0.15, 0.2) is 18.5 Å². The average molecular weight is 282 g/mol. The summed E-state index contributed by atoms with van der Waals surface area (Å²) in [5.74, 6) is 0.892. The Morgan fingerprint density at radius 1 is 1.21 bits per heavy atom. The number of anilines is 1. The van der Waals surface area contributed by atoms with E-state index in [2.05, 4.69) is 14.9 Å². The third-order valence-electron chi connectivity index (χ3n) is 4.06. The van der Waals surface area contributed by atoms with Gasteiger partial charge in [-0.15, -0.1) is 0 Å². The first kappa shape index (κ1) is 12.8. The molecule has 0 saturated carbocycles. The van der Waals surface area contributed by atoms with Crippen LogP contribution >= 0.6 is 0 Å². The smallest absolute Gasteiger partial charge is 0.225 e. The van der Waals surface area contributed by atoms with Crippen LogP contribution < -0.4 is 4.90 Å². The van der Waals surface area contributed by atoms with Crippen LogP contribution in [-0.2, 0) is 10.0 Å². The summed E-state index contributed by atoms with van der Waals surface area (Å²) in [6.45, 7) is 3.15. The molecule has 3 heterocycles. The molecule has 0 spiro atoms. The van der Waals surface area contributed by atoms with Crippen molar-refractivity contribution in [2.75, 3.05) is 23.7 Å². The monoisotopic (exact) mass is 282 g/mol. The van der Waals surface area contributed by atoms with Crippen molar-refractivity contribution in [1.29, 1.82) is 0 Å². The minimum absolute atomic E-state index is 0.0914. The molecular formula is C12H18N4O2S. The minimum Gasteiger partial charge on any atom is -0.336 e. The highest BCUT2D eigenvalue weighted by Crippen LogP contribution is 2.35. The fraction of sp³-hybridized carbons (Fsp3) is 0.667. The van der Waals surface area contributed by atoms with Gasteiger partial charge in [0.15, 0.2) is 0 Å². The summed E-state index contributed by atoms with van der Waals surface area (Å²) in [5.41, 5.74) is 0. The molecule has 3 rings (SSSR count). The summed E-state index contributed by atoms with van der Waals surface area (Å²) in [5, 5.41) is 0. The molecular weight excluding hydrogens is 264 g/mol. The zero-order valence-electron chi connectivity index (χ0n) is 10.9. The number of fused-ring (bicyclic) bond motifs is 1. The minimum atomic E-state index is -3.09. The second-order valence-electron chi connectivity index (χ2n) is 4.97. The van der Waals surface area contributed by atoms with Crippen LogP contribution in [0, 0.1) is 0 Å². The SMILES string of the molecule is CCS(=O)(=O)N1CC[C@@H]2[C@@H]1CCN2c1ncccn1. The summed E-state index contributed by atoms with van der Waals surface area (Å²) >= 11 is 0. The van der Waals surface area contributed by atoms with Gasteiger partial charge in [-0.2, -0.15) is 4.31 Å². The Labute approximate surface area is 113 Å². The van der Waals surface area contributed by atoms with Crippen LogP contribution in [0.3, 0.4) is 0 Å². The molecule has 2 saturated heterocycles. The molecule has 0 N–H and O–H groups in total. The van der Waals surface area contributed by atoms with Gasteiger partial charge in [-0.25, -0.2) is 18.4 Å². The van der Waals surface area contributed by atoms with Gasteiger partial charge in [0.25, 0.3) is 0 Å². The van der Waals surface area contributed by atoms with Gasteiger partial charge in [-0.05, 0) is 25.8 Å². The highest BCUT2D eigenvalue weighted by atomic mass is 32.2. The quantitative estimate of drug-likeness (QED) is 0.806. The maximum absolute atomic E-state index is 12.1. The van der Waals surface area contributed by atoms with Gasteiger partial charge >= 0.3 is 0 Å². The molecule has 2 atom stereocenters. The van der Waals surface area contributed by atoms with E-state index in [-0.39, 0.29) is 17.8 Å². The Kier molecular flexibility index (Phi) is 3.18. The number of sulfonamides is 1. The van der Waals surface area contributed by atoms with Gasteiger partial charge in [0.2, 0.25) is 16.0 Å². The molecule has 2 aliphatic heterocycles. The van der Waals surface area contributed by atoms with Crippen molar-refractivity contribution in [2.24, 2.45) is 0 Å². The molecule has 2 aliphatic rings. The molecule has 0 aromatic carbocycles. The standard InChI is InChI=1S/C12H18N4O2S/c1-2-19(17,18)16-9-5-10-11(16)4-8-15(10)12-13-6-3-7-14-12/h3,6-7,10-11H,2,4-5,8-9H2,1H3/t10-,11+/m1/s1. The van der Waals surface area contributed by atoms with Gasteiger partial charge in [0.05, 0.1) is 5.75 Å². The number of aromatic nitrogens is 2. The van der Waals surface area contributed by atoms with Crippen molar-refractivity contribution in [3.63, 3.8) is 0 Å². The maximum atomic E-state index is 12.1. The Morgan fingerprint density at radius 2 is 1.89 bits per heavy atom. The van der Waals surface area contributed by atoms with Gasteiger partial charge in [-0.1, -0.05) is 0 Å². The third-order valence-corrected chi connectivity index (χ3v) is 5.95. The lowest BCUT2D eigenvalue weighted by Crippen LogP contribution is -2.40. The van der Waals surface area contributed by atoms with E-state index in [1.165, 1.54) is 0 Å². The van der Waals surface area contributed by atoms with E-state index in [1.807, 2.05) is 0 Å². The van der Waals surface area contributed by atoms with Crippen molar-refractivity contribution < 1.29 is 8.42 Å². The van der Waals surface area contributed by atoms with Crippen LogP contribution in [0.4, 0.5) is 5.95 Å². The van der Waals surface area contributed by atoms with Crippen LogP contribution in [-0.4, -0.2) is 53.6 Å². The lowest BCUT2D eigenvalue weighted by molar-refractivity contribution is 0.388. The first-order valence-electron chi connectivity index (χ1n) is 6.66. The largest absolute Gasteiger partial charge is 0.336 e. The van der Waals surface area contributed by atoms with E-state index in [0.717, 1.165) is 19.4 Å². The van der Waals surface area contributed by atoms with Crippen LogP contribution in [0.1, 0.15) is 19.8 Å². The number of hydrogen-bond acceptors (Lipinski definition) is 5. The molecule has 0 aliphatic carbocycles. The number of hydrogen-bond donors (Lipinski definition) is 0. The summed E-state index contributed by atoms with van der Waals surface area (Å²) in [6, 6.07) is 2.11. The van der Waals surface area contributed by atoms with Crippen LogP contribution in [0.5, 0.6) is 0 Å². The zero-order chi connectivity index (χ0) is 13.5. The van der Waals surface area contributed by atoms with Crippen molar-refractivity contribution in [3.05, 3.63) is 18.5 Å². The molecule has 1 aromatic heterocycles. The van der Waals surface area contributed by atoms with E-state index in [0.29, 0.717) is 12.5 Å². The van der Waals surface area contributed by atoms with Gasteiger partial charge < -0.3 is 4.90 Å². The van der Waals surface area contributed by atoms with Crippen molar-refractivity contribution in [3.8, 4) is 0 Å². The highest BCUT2D eigenvalue weighted by Gasteiger charge is 2.47. The molecule has 104 valence electrons. The lowest BCUT2D eigenvalue weighted by Gasteiger charge is -2.24. The molecule has 0 bridgehead atoms. The lowest BCUT2D eigenvalue weighted by atomic mass is 10.1. The second kappa shape index (κ2) is 4.72. The number of nitrogens with zero attached hydrogens (tertiary/aromatic N) is 4. The van der Waals surface area contributed by atoms with E-state index in [9.17, 15) is 8.42 Å². The topological polar surface area (TPSA) is 66.4 Å². The predicted octanol–water partition coefficient (Wildman–Crippen LogP) is 0.479. The number of rotatable bonds is 3. The van der Waals surface area contributed by atoms with Gasteiger partial charge in [0, 0.05) is 37.6 Å². The van der Waals surface area contributed by atoms with E-state index >= 15 is 0 Å². The first-order chi connectivity index (χ1) is 9.13. The predicted molar refractivity (Wildman–Crippen MR) is 72.4 cm³/mol. The Hall–Kier alpha value is -1.21. The molecule has 0 amide bonds. The molecule has 6 nitrogen and oxygen atoms in total. The van der Waals surface area contributed by atoms with E-state index < -0.39 is 10.0 Å². The average Bonchev–Trinajstić information content (AvgIpc) is 3.00. The van der Waals surface area contributed by atoms with Crippen molar-refractivity contribution in [1.82, 2.24) is 14.3 Å². The van der Waals surface area contributed by atoms with Gasteiger partial charge in [0.1, 0.15) is 0 Å².